The van der Waals surface area contributed by atoms with Gasteiger partial charge in [0.25, 0.3) is 0 Å². The van der Waals surface area contributed by atoms with Crippen LogP contribution in [0.2, 0.25) is 5.02 Å². The molecular weight excluding hydrogens is 214 g/mol. The molecule has 1 aromatic carbocycles. The highest BCUT2D eigenvalue weighted by atomic mass is 35.5. The maximum Gasteiger partial charge on any atom is 0.0635 e. The van der Waals surface area contributed by atoms with Crippen LogP contribution in [0.4, 0.5) is 5.69 Å². The van der Waals surface area contributed by atoms with E-state index in [1.165, 1.54) is 10.4 Å². The van der Waals surface area contributed by atoms with Crippen LogP contribution in [0.5, 0.6) is 0 Å². The van der Waals surface area contributed by atoms with Gasteiger partial charge in [0.2, 0.25) is 0 Å². The lowest BCUT2D eigenvalue weighted by molar-refractivity contribution is 1.54. The summed E-state index contributed by atoms with van der Waals surface area (Å²) in [5, 5.41) is 2.69. The first kappa shape index (κ1) is 9.56. The van der Waals surface area contributed by atoms with Crippen molar-refractivity contribution in [2.75, 3.05) is 5.73 Å². The van der Waals surface area contributed by atoms with Gasteiger partial charge in [0, 0.05) is 4.88 Å². The number of hydrogen-bond donors (Lipinski definition) is 1. The Balaban J connectivity index is 2.53. The second kappa shape index (κ2) is 3.64. The normalized spacial score (nSPS) is 10.4. The summed E-state index contributed by atoms with van der Waals surface area (Å²) in [6.45, 7) is 2.09. The van der Waals surface area contributed by atoms with Gasteiger partial charge in [0.05, 0.1) is 10.7 Å². The van der Waals surface area contributed by atoms with Crippen LogP contribution in [-0.2, 0) is 0 Å². The van der Waals surface area contributed by atoms with Crippen LogP contribution < -0.4 is 5.73 Å². The largest absolute Gasteiger partial charge is 0.398 e. The fourth-order valence-electron chi connectivity index (χ4n) is 1.35. The molecule has 2 N–H and O–H groups in total. The minimum atomic E-state index is 0.614. The fraction of sp³-hybridized carbons (Fsp3) is 0.0909. The smallest absolute Gasteiger partial charge is 0.0635 e. The van der Waals surface area contributed by atoms with Gasteiger partial charge < -0.3 is 5.73 Å². The van der Waals surface area contributed by atoms with Crippen molar-refractivity contribution in [2.24, 2.45) is 0 Å². The van der Waals surface area contributed by atoms with Crippen LogP contribution in [-0.4, -0.2) is 0 Å². The highest BCUT2D eigenvalue weighted by Crippen LogP contribution is 2.32. The van der Waals surface area contributed by atoms with Gasteiger partial charge in [-0.05, 0) is 41.6 Å². The van der Waals surface area contributed by atoms with Gasteiger partial charge in [-0.3, -0.25) is 0 Å². The molecule has 1 aromatic heterocycles. The average Bonchev–Trinajstić information content (AvgIpc) is 2.57. The summed E-state index contributed by atoms with van der Waals surface area (Å²) in [6, 6.07) is 7.86. The van der Waals surface area contributed by atoms with E-state index >= 15 is 0 Å². The third-order valence-corrected chi connectivity index (χ3v) is 3.53. The van der Waals surface area contributed by atoms with Crippen LogP contribution >= 0.6 is 22.9 Å². The van der Waals surface area contributed by atoms with E-state index in [4.69, 9.17) is 17.3 Å². The molecule has 0 unspecified atom stereocenters. The molecule has 0 bridgehead atoms. The lowest BCUT2D eigenvalue weighted by Gasteiger charge is -2.02. The van der Waals surface area contributed by atoms with Crippen molar-refractivity contribution in [3.05, 3.63) is 40.2 Å². The Morgan fingerprint density at radius 1 is 1.29 bits per heavy atom. The molecule has 0 amide bonds. The van der Waals surface area contributed by atoms with Crippen molar-refractivity contribution in [1.29, 1.82) is 0 Å². The zero-order chi connectivity index (χ0) is 10.1. The molecule has 0 atom stereocenters. The third kappa shape index (κ3) is 1.63. The molecular formula is C11H10ClNS. The molecule has 0 saturated heterocycles. The molecule has 0 aliphatic carbocycles. The standard InChI is InChI=1S/C11H10ClNS/c1-7-4-5-14-11(7)8-2-3-9(12)10(13)6-8/h2-6H,13H2,1H3. The van der Waals surface area contributed by atoms with Crippen LogP contribution in [0.3, 0.4) is 0 Å². The summed E-state index contributed by atoms with van der Waals surface area (Å²) >= 11 is 7.58. The molecule has 0 spiro atoms. The summed E-state index contributed by atoms with van der Waals surface area (Å²) < 4.78 is 0. The van der Waals surface area contributed by atoms with Gasteiger partial charge in [0.1, 0.15) is 0 Å². The Hall–Kier alpha value is -0.990. The van der Waals surface area contributed by atoms with Gasteiger partial charge in [-0.2, -0.15) is 0 Å². The first-order chi connectivity index (χ1) is 6.68. The van der Waals surface area contributed by atoms with Crippen molar-refractivity contribution >= 4 is 28.6 Å². The maximum absolute atomic E-state index is 5.86. The SMILES string of the molecule is Cc1ccsc1-c1ccc(Cl)c(N)c1. The molecule has 0 fully saturated rings. The Morgan fingerprint density at radius 2 is 2.07 bits per heavy atom. The number of hydrogen-bond acceptors (Lipinski definition) is 2. The second-order valence-electron chi connectivity index (χ2n) is 3.17. The maximum atomic E-state index is 5.86. The molecule has 0 aliphatic rings. The lowest BCUT2D eigenvalue weighted by Crippen LogP contribution is -1.86. The number of halogens is 1. The highest BCUT2D eigenvalue weighted by molar-refractivity contribution is 7.13. The number of nitrogens with two attached hydrogens (primary N) is 1. The lowest BCUT2D eigenvalue weighted by atomic mass is 10.1. The van der Waals surface area contributed by atoms with E-state index < -0.39 is 0 Å². The van der Waals surface area contributed by atoms with E-state index in [2.05, 4.69) is 18.4 Å². The minimum Gasteiger partial charge on any atom is -0.398 e. The Kier molecular flexibility index (Phi) is 2.48. The average molecular weight is 224 g/mol. The van der Waals surface area contributed by atoms with Crippen molar-refractivity contribution < 1.29 is 0 Å². The Labute approximate surface area is 92.1 Å². The van der Waals surface area contributed by atoms with E-state index in [0.29, 0.717) is 10.7 Å². The van der Waals surface area contributed by atoms with Crippen LogP contribution in [0.25, 0.3) is 10.4 Å². The first-order valence-electron chi connectivity index (χ1n) is 4.28. The fourth-order valence-corrected chi connectivity index (χ4v) is 2.40. The number of rotatable bonds is 1. The molecule has 3 heteroatoms. The van der Waals surface area contributed by atoms with Crippen molar-refractivity contribution in [3.63, 3.8) is 0 Å². The highest BCUT2D eigenvalue weighted by Gasteiger charge is 2.04. The second-order valence-corrected chi connectivity index (χ2v) is 4.49. The van der Waals surface area contributed by atoms with Gasteiger partial charge in [0.15, 0.2) is 0 Å². The van der Waals surface area contributed by atoms with Gasteiger partial charge in [-0.15, -0.1) is 11.3 Å². The number of anilines is 1. The summed E-state index contributed by atoms with van der Waals surface area (Å²) in [7, 11) is 0. The van der Waals surface area contributed by atoms with Crippen LogP contribution in [0.1, 0.15) is 5.56 Å². The van der Waals surface area contributed by atoms with E-state index in [1.54, 1.807) is 11.3 Å². The van der Waals surface area contributed by atoms with Crippen LogP contribution in [0.15, 0.2) is 29.6 Å². The number of benzene rings is 1. The molecule has 1 heterocycles. The third-order valence-electron chi connectivity index (χ3n) is 2.12. The molecule has 2 rings (SSSR count). The van der Waals surface area contributed by atoms with E-state index in [0.717, 1.165) is 5.56 Å². The topological polar surface area (TPSA) is 26.0 Å². The number of thiophene rings is 1. The van der Waals surface area contributed by atoms with E-state index in [-0.39, 0.29) is 0 Å². The predicted molar refractivity (Wildman–Crippen MR) is 63.9 cm³/mol. The Bertz CT molecular complexity index is 462. The molecule has 14 heavy (non-hydrogen) atoms. The van der Waals surface area contributed by atoms with E-state index in [9.17, 15) is 0 Å². The molecule has 0 aliphatic heterocycles. The number of aryl methyl sites for hydroxylation is 1. The monoisotopic (exact) mass is 223 g/mol. The number of nitrogen functional groups attached to an aromatic ring is 1. The van der Waals surface area contributed by atoms with Gasteiger partial charge in [-0.1, -0.05) is 17.7 Å². The molecule has 0 radical (unpaired) electrons. The zero-order valence-electron chi connectivity index (χ0n) is 7.75. The zero-order valence-corrected chi connectivity index (χ0v) is 9.32. The van der Waals surface area contributed by atoms with Gasteiger partial charge >= 0.3 is 0 Å². The molecule has 1 nitrogen and oxygen atoms in total. The molecule has 2 aromatic rings. The first-order valence-corrected chi connectivity index (χ1v) is 5.54. The predicted octanol–water partition coefficient (Wildman–Crippen LogP) is 3.96. The summed E-state index contributed by atoms with van der Waals surface area (Å²) in [4.78, 5) is 1.26. The molecule has 0 saturated carbocycles. The Morgan fingerprint density at radius 3 is 2.64 bits per heavy atom. The minimum absolute atomic E-state index is 0.614. The molecule has 72 valence electrons. The summed E-state index contributed by atoms with van der Waals surface area (Å²) in [5.74, 6) is 0. The van der Waals surface area contributed by atoms with Gasteiger partial charge in [-0.25, -0.2) is 0 Å². The summed E-state index contributed by atoms with van der Waals surface area (Å²) in [6.07, 6.45) is 0. The summed E-state index contributed by atoms with van der Waals surface area (Å²) in [5.41, 5.74) is 8.80. The van der Waals surface area contributed by atoms with Crippen molar-refractivity contribution in [3.8, 4) is 10.4 Å². The van der Waals surface area contributed by atoms with Crippen molar-refractivity contribution in [1.82, 2.24) is 0 Å². The quantitative estimate of drug-likeness (QED) is 0.728. The van der Waals surface area contributed by atoms with E-state index in [1.807, 2.05) is 18.2 Å². The van der Waals surface area contributed by atoms with Crippen molar-refractivity contribution in [2.45, 2.75) is 6.92 Å². The van der Waals surface area contributed by atoms with Crippen LogP contribution in [0, 0.1) is 6.92 Å².